The summed E-state index contributed by atoms with van der Waals surface area (Å²) >= 11 is 0. The lowest BCUT2D eigenvalue weighted by Crippen LogP contribution is -2.23. The molecule has 128 valence electrons. The highest BCUT2D eigenvalue weighted by atomic mass is 16.6. The summed E-state index contributed by atoms with van der Waals surface area (Å²) in [6.45, 7) is 4.08. The van der Waals surface area contributed by atoms with Gasteiger partial charge in [0.2, 0.25) is 0 Å². The van der Waals surface area contributed by atoms with Gasteiger partial charge in [0, 0.05) is 12.6 Å². The molecule has 0 fully saturated rings. The standard InChI is InChI=1S/C18H19N5O2/c1-13-8-7-11-17(23-18(24)22(3)20-21-23)16(13)12-25-19-14(2)15-9-5-4-6-10-15/h4-11H,12H2,1-3H3/b19-14-. The van der Waals surface area contributed by atoms with Crippen LogP contribution in [-0.4, -0.2) is 25.5 Å². The molecule has 0 amide bonds. The Labute approximate surface area is 145 Å². The first-order chi connectivity index (χ1) is 12.1. The van der Waals surface area contributed by atoms with Gasteiger partial charge in [0.25, 0.3) is 0 Å². The van der Waals surface area contributed by atoms with Crippen molar-refractivity contribution in [1.29, 1.82) is 0 Å². The first-order valence-electron chi connectivity index (χ1n) is 7.88. The average molecular weight is 337 g/mol. The van der Waals surface area contributed by atoms with E-state index < -0.39 is 0 Å². The normalized spacial score (nSPS) is 11.6. The number of aromatic nitrogens is 4. The Morgan fingerprint density at radius 2 is 1.88 bits per heavy atom. The van der Waals surface area contributed by atoms with Crippen molar-refractivity contribution in [2.24, 2.45) is 12.2 Å². The molecular formula is C18H19N5O2. The second-order valence-electron chi connectivity index (χ2n) is 5.69. The zero-order valence-corrected chi connectivity index (χ0v) is 14.4. The number of aryl methyl sites for hydroxylation is 2. The van der Waals surface area contributed by atoms with Gasteiger partial charge in [-0.2, -0.15) is 9.36 Å². The Morgan fingerprint density at radius 3 is 2.56 bits per heavy atom. The van der Waals surface area contributed by atoms with Gasteiger partial charge in [0.05, 0.1) is 11.4 Å². The fourth-order valence-corrected chi connectivity index (χ4v) is 2.46. The minimum Gasteiger partial charge on any atom is -0.391 e. The summed E-state index contributed by atoms with van der Waals surface area (Å²) in [6.07, 6.45) is 0. The summed E-state index contributed by atoms with van der Waals surface area (Å²) in [6, 6.07) is 15.4. The maximum absolute atomic E-state index is 12.1. The highest BCUT2D eigenvalue weighted by molar-refractivity contribution is 5.98. The molecule has 0 aliphatic carbocycles. The Bertz CT molecular complexity index is 957. The van der Waals surface area contributed by atoms with Gasteiger partial charge in [-0.25, -0.2) is 4.79 Å². The first kappa shape index (κ1) is 16.6. The molecule has 0 bridgehead atoms. The van der Waals surface area contributed by atoms with Crippen molar-refractivity contribution in [2.75, 3.05) is 0 Å². The van der Waals surface area contributed by atoms with E-state index in [9.17, 15) is 4.79 Å². The highest BCUT2D eigenvalue weighted by Gasteiger charge is 2.13. The van der Waals surface area contributed by atoms with Crippen LogP contribution in [0.5, 0.6) is 0 Å². The molecule has 0 unspecified atom stereocenters. The van der Waals surface area contributed by atoms with Gasteiger partial charge in [-0.15, -0.1) is 0 Å². The minimum atomic E-state index is -0.309. The van der Waals surface area contributed by atoms with Crippen LogP contribution in [0.25, 0.3) is 5.69 Å². The van der Waals surface area contributed by atoms with E-state index in [0.717, 1.165) is 22.4 Å². The van der Waals surface area contributed by atoms with E-state index >= 15 is 0 Å². The van der Waals surface area contributed by atoms with Crippen molar-refractivity contribution >= 4 is 5.71 Å². The van der Waals surface area contributed by atoms with Crippen molar-refractivity contribution in [3.63, 3.8) is 0 Å². The largest absolute Gasteiger partial charge is 0.391 e. The third-order valence-electron chi connectivity index (χ3n) is 3.94. The van der Waals surface area contributed by atoms with Crippen molar-refractivity contribution in [3.8, 4) is 5.69 Å². The predicted molar refractivity (Wildman–Crippen MR) is 94.8 cm³/mol. The van der Waals surface area contributed by atoms with Crippen LogP contribution in [0.2, 0.25) is 0 Å². The van der Waals surface area contributed by atoms with Crippen LogP contribution in [0.3, 0.4) is 0 Å². The Morgan fingerprint density at radius 1 is 1.12 bits per heavy atom. The molecule has 0 saturated carbocycles. The quantitative estimate of drug-likeness (QED) is 0.528. The third-order valence-corrected chi connectivity index (χ3v) is 3.94. The van der Waals surface area contributed by atoms with E-state index in [0.29, 0.717) is 5.69 Å². The summed E-state index contributed by atoms with van der Waals surface area (Å²) in [5.74, 6) is 0. The Kier molecular flexibility index (Phi) is 4.74. The van der Waals surface area contributed by atoms with Crippen LogP contribution in [-0.2, 0) is 18.5 Å². The van der Waals surface area contributed by atoms with Gasteiger partial charge >= 0.3 is 5.69 Å². The third kappa shape index (κ3) is 3.50. The molecule has 25 heavy (non-hydrogen) atoms. The fraction of sp³-hybridized carbons (Fsp3) is 0.222. The first-order valence-corrected chi connectivity index (χ1v) is 7.88. The molecule has 7 heteroatoms. The molecule has 1 aromatic heterocycles. The molecular weight excluding hydrogens is 318 g/mol. The molecule has 0 spiro atoms. The summed E-state index contributed by atoms with van der Waals surface area (Å²) in [5, 5.41) is 11.8. The Balaban J connectivity index is 1.86. The van der Waals surface area contributed by atoms with E-state index in [2.05, 4.69) is 15.6 Å². The van der Waals surface area contributed by atoms with Gasteiger partial charge in [0.1, 0.15) is 6.61 Å². The molecule has 2 aromatic carbocycles. The summed E-state index contributed by atoms with van der Waals surface area (Å²) in [4.78, 5) is 17.7. The summed E-state index contributed by atoms with van der Waals surface area (Å²) in [5.41, 5.74) is 3.95. The van der Waals surface area contributed by atoms with Gasteiger partial charge in [-0.1, -0.05) is 47.6 Å². The van der Waals surface area contributed by atoms with Crippen LogP contribution < -0.4 is 5.69 Å². The van der Waals surface area contributed by atoms with Crippen LogP contribution in [0, 0.1) is 6.92 Å². The lowest BCUT2D eigenvalue weighted by molar-refractivity contribution is 0.130. The van der Waals surface area contributed by atoms with Gasteiger partial charge in [-0.3, -0.25) is 0 Å². The second kappa shape index (κ2) is 7.12. The summed E-state index contributed by atoms with van der Waals surface area (Å²) in [7, 11) is 1.56. The second-order valence-corrected chi connectivity index (χ2v) is 5.69. The molecule has 1 heterocycles. The molecule has 0 saturated heterocycles. The number of nitrogens with zero attached hydrogens (tertiary/aromatic N) is 5. The SMILES string of the molecule is C/C(=N/OCc1c(C)cccc1-n1nnn(C)c1=O)c1ccccc1. The number of oxime groups is 1. The molecule has 7 nitrogen and oxygen atoms in total. The van der Waals surface area contributed by atoms with Gasteiger partial charge in [0.15, 0.2) is 0 Å². The van der Waals surface area contributed by atoms with E-state index in [1.807, 2.05) is 62.4 Å². The molecule has 0 atom stereocenters. The van der Waals surface area contributed by atoms with E-state index in [-0.39, 0.29) is 12.3 Å². The zero-order chi connectivity index (χ0) is 17.8. The molecule has 3 aromatic rings. The maximum atomic E-state index is 12.1. The predicted octanol–water partition coefficient (Wildman–Crippen LogP) is 2.22. The van der Waals surface area contributed by atoms with E-state index in [4.69, 9.17) is 4.84 Å². The zero-order valence-electron chi connectivity index (χ0n) is 14.4. The number of hydrogen-bond donors (Lipinski definition) is 0. The van der Waals surface area contributed by atoms with Crippen molar-refractivity contribution in [1.82, 2.24) is 19.8 Å². The molecule has 0 aliphatic rings. The smallest absolute Gasteiger partial charge is 0.368 e. The molecule has 0 aliphatic heterocycles. The van der Waals surface area contributed by atoms with Crippen LogP contribution in [0.1, 0.15) is 23.6 Å². The maximum Gasteiger partial charge on any atom is 0.368 e. The molecule has 0 N–H and O–H groups in total. The fourth-order valence-electron chi connectivity index (χ4n) is 2.46. The lowest BCUT2D eigenvalue weighted by atomic mass is 10.1. The van der Waals surface area contributed by atoms with Crippen molar-refractivity contribution < 1.29 is 4.84 Å². The molecule has 0 radical (unpaired) electrons. The summed E-state index contributed by atoms with van der Waals surface area (Å²) < 4.78 is 2.45. The van der Waals surface area contributed by atoms with Crippen LogP contribution >= 0.6 is 0 Å². The average Bonchev–Trinajstić information content (AvgIpc) is 2.96. The van der Waals surface area contributed by atoms with Crippen LogP contribution in [0.4, 0.5) is 0 Å². The highest BCUT2D eigenvalue weighted by Crippen LogP contribution is 2.18. The van der Waals surface area contributed by atoms with E-state index in [1.165, 1.54) is 9.36 Å². The van der Waals surface area contributed by atoms with Crippen molar-refractivity contribution in [2.45, 2.75) is 20.5 Å². The number of tetrazole rings is 1. The Hall–Kier alpha value is -3.22. The van der Waals surface area contributed by atoms with E-state index in [1.54, 1.807) is 7.05 Å². The van der Waals surface area contributed by atoms with Gasteiger partial charge in [-0.05, 0) is 41.5 Å². The molecule has 3 rings (SSSR count). The number of hydrogen-bond acceptors (Lipinski definition) is 5. The number of benzene rings is 2. The van der Waals surface area contributed by atoms with Gasteiger partial charge < -0.3 is 4.84 Å². The van der Waals surface area contributed by atoms with Crippen LogP contribution in [0.15, 0.2) is 58.5 Å². The minimum absolute atomic E-state index is 0.231. The monoisotopic (exact) mass is 337 g/mol. The topological polar surface area (TPSA) is 74.3 Å². The van der Waals surface area contributed by atoms with Crippen molar-refractivity contribution in [3.05, 3.63) is 75.7 Å². The lowest BCUT2D eigenvalue weighted by Gasteiger charge is -2.10. The number of rotatable bonds is 5.